The van der Waals surface area contributed by atoms with Crippen LogP contribution in [0.1, 0.15) is 38.5 Å². The SMILES string of the molecule is O=C(CNC1CCOCC1)NC1CCCC1. The molecular weight excluding hydrogens is 204 g/mol. The van der Waals surface area contributed by atoms with Crippen LogP contribution in [0.2, 0.25) is 0 Å². The first kappa shape index (κ1) is 11.9. The third kappa shape index (κ3) is 3.76. The fraction of sp³-hybridized carbons (Fsp3) is 0.917. The van der Waals surface area contributed by atoms with Crippen molar-refractivity contribution in [3.8, 4) is 0 Å². The summed E-state index contributed by atoms with van der Waals surface area (Å²) in [6, 6.07) is 0.895. The van der Waals surface area contributed by atoms with E-state index in [9.17, 15) is 4.79 Å². The van der Waals surface area contributed by atoms with E-state index in [2.05, 4.69) is 10.6 Å². The van der Waals surface area contributed by atoms with Crippen molar-refractivity contribution in [2.45, 2.75) is 50.6 Å². The zero-order valence-electron chi connectivity index (χ0n) is 9.84. The van der Waals surface area contributed by atoms with Gasteiger partial charge in [-0.2, -0.15) is 0 Å². The number of ether oxygens (including phenoxy) is 1. The van der Waals surface area contributed by atoms with E-state index < -0.39 is 0 Å². The molecule has 1 heterocycles. The van der Waals surface area contributed by atoms with Crippen molar-refractivity contribution in [2.75, 3.05) is 19.8 Å². The van der Waals surface area contributed by atoms with Crippen LogP contribution in [0, 0.1) is 0 Å². The Labute approximate surface area is 97.1 Å². The molecule has 0 unspecified atom stereocenters. The molecule has 0 bridgehead atoms. The van der Waals surface area contributed by atoms with Crippen LogP contribution in [-0.4, -0.2) is 37.7 Å². The average molecular weight is 226 g/mol. The summed E-state index contributed by atoms with van der Waals surface area (Å²) in [4.78, 5) is 11.6. The molecule has 2 rings (SSSR count). The van der Waals surface area contributed by atoms with Gasteiger partial charge in [0.2, 0.25) is 5.91 Å². The van der Waals surface area contributed by atoms with Gasteiger partial charge in [-0.3, -0.25) is 4.79 Å². The molecule has 1 saturated heterocycles. The van der Waals surface area contributed by atoms with Crippen molar-refractivity contribution in [3.05, 3.63) is 0 Å². The summed E-state index contributed by atoms with van der Waals surface area (Å²) < 4.78 is 5.27. The van der Waals surface area contributed by atoms with Crippen molar-refractivity contribution in [2.24, 2.45) is 0 Å². The molecule has 0 aromatic heterocycles. The summed E-state index contributed by atoms with van der Waals surface area (Å²) in [5.41, 5.74) is 0. The Hall–Kier alpha value is -0.610. The lowest BCUT2D eigenvalue weighted by Gasteiger charge is -2.23. The van der Waals surface area contributed by atoms with E-state index in [1.165, 1.54) is 12.8 Å². The lowest BCUT2D eigenvalue weighted by molar-refractivity contribution is -0.121. The third-order valence-electron chi connectivity index (χ3n) is 3.49. The molecule has 2 aliphatic rings. The number of carbonyl (C=O) groups is 1. The summed E-state index contributed by atoms with van der Waals surface area (Å²) in [5, 5.41) is 6.39. The normalized spacial score (nSPS) is 23.5. The number of hydrogen-bond acceptors (Lipinski definition) is 3. The minimum Gasteiger partial charge on any atom is -0.381 e. The van der Waals surface area contributed by atoms with Crippen LogP contribution in [0.3, 0.4) is 0 Å². The van der Waals surface area contributed by atoms with Gasteiger partial charge in [-0.05, 0) is 25.7 Å². The fourth-order valence-corrected chi connectivity index (χ4v) is 2.49. The minimum atomic E-state index is 0.151. The molecule has 0 aromatic rings. The van der Waals surface area contributed by atoms with Gasteiger partial charge < -0.3 is 15.4 Å². The predicted molar refractivity (Wildman–Crippen MR) is 62.2 cm³/mol. The van der Waals surface area contributed by atoms with E-state index in [1.807, 2.05) is 0 Å². The van der Waals surface area contributed by atoms with Gasteiger partial charge in [0.1, 0.15) is 0 Å². The molecule has 1 aliphatic heterocycles. The van der Waals surface area contributed by atoms with Crippen LogP contribution < -0.4 is 10.6 Å². The van der Waals surface area contributed by atoms with Gasteiger partial charge >= 0.3 is 0 Å². The molecule has 4 heteroatoms. The first-order valence-electron chi connectivity index (χ1n) is 6.45. The molecular formula is C12H22N2O2. The Morgan fingerprint density at radius 3 is 2.44 bits per heavy atom. The highest BCUT2D eigenvalue weighted by Crippen LogP contribution is 2.17. The third-order valence-corrected chi connectivity index (χ3v) is 3.49. The van der Waals surface area contributed by atoms with Gasteiger partial charge in [0.15, 0.2) is 0 Å². The largest absolute Gasteiger partial charge is 0.381 e. The first-order chi connectivity index (χ1) is 7.84. The van der Waals surface area contributed by atoms with E-state index in [0.717, 1.165) is 38.9 Å². The average Bonchev–Trinajstić information content (AvgIpc) is 2.81. The fourth-order valence-electron chi connectivity index (χ4n) is 2.49. The molecule has 1 aliphatic carbocycles. The second-order valence-electron chi connectivity index (χ2n) is 4.82. The summed E-state index contributed by atoms with van der Waals surface area (Å²) in [7, 11) is 0. The van der Waals surface area contributed by atoms with Gasteiger partial charge in [0, 0.05) is 25.3 Å². The second-order valence-corrected chi connectivity index (χ2v) is 4.82. The van der Waals surface area contributed by atoms with Gasteiger partial charge in [0.25, 0.3) is 0 Å². The topological polar surface area (TPSA) is 50.4 Å². The molecule has 0 spiro atoms. The number of rotatable bonds is 4. The Morgan fingerprint density at radius 2 is 1.75 bits per heavy atom. The quantitative estimate of drug-likeness (QED) is 0.746. The molecule has 1 amide bonds. The molecule has 2 fully saturated rings. The number of carbonyl (C=O) groups excluding carboxylic acids is 1. The molecule has 0 radical (unpaired) electrons. The maximum atomic E-state index is 11.6. The minimum absolute atomic E-state index is 0.151. The second kappa shape index (κ2) is 6.21. The highest BCUT2D eigenvalue weighted by Gasteiger charge is 2.18. The van der Waals surface area contributed by atoms with Crippen molar-refractivity contribution in [1.82, 2.24) is 10.6 Å². The molecule has 4 nitrogen and oxygen atoms in total. The van der Waals surface area contributed by atoms with E-state index >= 15 is 0 Å². The zero-order valence-corrected chi connectivity index (χ0v) is 9.84. The first-order valence-corrected chi connectivity index (χ1v) is 6.45. The monoisotopic (exact) mass is 226 g/mol. The van der Waals surface area contributed by atoms with Crippen LogP contribution >= 0.6 is 0 Å². The van der Waals surface area contributed by atoms with E-state index in [4.69, 9.17) is 4.74 Å². The maximum absolute atomic E-state index is 11.6. The Balaban J connectivity index is 1.59. The van der Waals surface area contributed by atoms with Gasteiger partial charge in [0.05, 0.1) is 6.54 Å². The number of hydrogen-bond donors (Lipinski definition) is 2. The van der Waals surface area contributed by atoms with E-state index in [0.29, 0.717) is 18.6 Å². The number of nitrogens with one attached hydrogen (secondary N) is 2. The molecule has 0 aromatic carbocycles. The van der Waals surface area contributed by atoms with Crippen molar-refractivity contribution >= 4 is 5.91 Å². The lowest BCUT2D eigenvalue weighted by atomic mass is 10.1. The summed E-state index contributed by atoms with van der Waals surface area (Å²) in [6.45, 7) is 2.10. The van der Waals surface area contributed by atoms with Gasteiger partial charge in [-0.15, -0.1) is 0 Å². The van der Waals surface area contributed by atoms with Crippen LogP contribution in [0.15, 0.2) is 0 Å². The van der Waals surface area contributed by atoms with Gasteiger partial charge in [-0.25, -0.2) is 0 Å². The summed E-state index contributed by atoms with van der Waals surface area (Å²) >= 11 is 0. The summed E-state index contributed by atoms with van der Waals surface area (Å²) in [6.07, 6.45) is 6.89. The van der Waals surface area contributed by atoms with Crippen LogP contribution in [0.5, 0.6) is 0 Å². The molecule has 92 valence electrons. The standard InChI is InChI=1S/C12H22N2O2/c15-12(14-11-3-1-2-4-11)9-13-10-5-7-16-8-6-10/h10-11,13H,1-9H2,(H,14,15). The summed E-state index contributed by atoms with van der Waals surface area (Å²) in [5.74, 6) is 0.151. The highest BCUT2D eigenvalue weighted by atomic mass is 16.5. The molecule has 0 atom stereocenters. The zero-order chi connectivity index (χ0) is 11.2. The Kier molecular flexibility index (Phi) is 4.60. The Morgan fingerprint density at radius 1 is 1.06 bits per heavy atom. The lowest BCUT2D eigenvalue weighted by Crippen LogP contribution is -2.44. The van der Waals surface area contributed by atoms with Crippen molar-refractivity contribution < 1.29 is 9.53 Å². The molecule has 1 saturated carbocycles. The smallest absolute Gasteiger partial charge is 0.234 e. The number of amides is 1. The highest BCUT2D eigenvalue weighted by molar-refractivity contribution is 5.78. The van der Waals surface area contributed by atoms with Crippen molar-refractivity contribution in [3.63, 3.8) is 0 Å². The molecule has 2 N–H and O–H groups in total. The van der Waals surface area contributed by atoms with Crippen LogP contribution in [0.4, 0.5) is 0 Å². The predicted octanol–water partition coefficient (Wildman–Crippen LogP) is 0.814. The van der Waals surface area contributed by atoms with Crippen molar-refractivity contribution in [1.29, 1.82) is 0 Å². The van der Waals surface area contributed by atoms with Crippen LogP contribution in [-0.2, 0) is 9.53 Å². The van der Waals surface area contributed by atoms with Gasteiger partial charge in [-0.1, -0.05) is 12.8 Å². The Bertz CT molecular complexity index is 221. The van der Waals surface area contributed by atoms with E-state index in [-0.39, 0.29) is 5.91 Å². The van der Waals surface area contributed by atoms with E-state index in [1.54, 1.807) is 0 Å². The van der Waals surface area contributed by atoms with Crippen LogP contribution in [0.25, 0.3) is 0 Å². The molecule has 16 heavy (non-hydrogen) atoms. The maximum Gasteiger partial charge on any atom is 0.234 e.